The molecule has 102 valence electrons. The summed E-state index contributed by atoms with van der Waals surface area (Å²) in [5.41, 5.74) is 0.858. The molecular formula is C12H14FN3O2S. The van der Waals surface area contributed by atoms with E-state index in [1.54, 1.807) is 26.0 Å². The predicted molar refractivity (Wildman–Crippen MR) is 69.1 cm³/mol. The highest BCUT2D eigenvalue weighted by Gasteiger charge is 2.19. The number of hydrogen-bond donors (Lipinski definition) is 1. The third-order valence-corrected chi connectivity index (χ3v) is 4.15. The first-order valence-corrected chi connectivity index (χ1v) is 7.24. The van der Waals surface area contributed by atoms with Crippen LogP contribution in [-0.4, -0.2) is 24.7 Å². The summed E-state index contributed by atoms with van der Waals surface area (Å²) in [7, 11) is -3.64. The number of hydrogen-bond acceptors (Lipinski definition) is 3. The standard InChI is InChI=1S/C12H14FN3O2S/c1-3-15-19(17,18)12-6-7-14-16(12)10-5-4-9(2)11(13)8-10/h4-8,15H,3H2,1-2H3. The van der Waals surface area contributed by atoms with E-state index in [1.165, 1.54) is 23.0 Å². The molecule has 0 bridgehead atoms. The monoisotopic (exact) mass is 283 g/mol. The molecular weight excluding hydrogens is 269 g/mol. The van der Waals surface area contributed by atoms with E-state index in [0.29, 0.717) is 11.3 Å². The van der Waals surface area contributed by atoms with Crippen molar-refractivity contribution in [1.29, 1.82) is 0 Å². The molecule has 1 aromatic heterocycles. The molecule has 0 saturated heterocycles. The first-order valence-electron chi connectivity index (χ1n) is 5.76. The van der Waals surface area contributed by atoms with Crippen LogP contribution in [0.15, 0.2) is 35.5 Å². The smallest absolute Gasteiger partial charge is 0.221 e. The van der Waals surface area contributed by atoms with Crippen molar-refractivity contribution in [3.8, 4) is 5.69 Å². The largest absolute Gasteiger partial charge is 0.258 e. The van der Waals surface area contributed by atoms with Crippen molar-refractivity contribution in [1.82, 2.24) is 14.5 Å². The van der Waals surface area contributed by atoms with Gasteiger partial charge in [-0.2, -0.15) is 5.10 Å². The van der Waals surface area contributed by atoms with Gasteiger partial charge >= 0.3 is 0 Å². The van der Waals surface area contributed by atoms with Crippen LogP contribution in [0.2, 0.25) is 0 Å². The molecule has 0 aliphatic heterocycles. The summed E-state index contributed by atoms with van der Waals surface area (Å²) in [4.78, 5) is 0. The van der Waals surface area contributed by atoms with Crippen LogP contribution in [0.5, 0.6) is 0 Å². The van der Waals surface area contributed by atoms with Crippen molar-refractivity contribution in [3.05, 3.63) is 41.8 Å². The molecule has 7 heteroatoms. The van der Waals surface area contributed by atoms with Crippen LogP contribution >= 0.6 is 0 Å². The fraction of sp³-hybridized carbons (Fsp3) is 0.250. The van der Waals surface area contributed by atoms with Gasteiger partial charge in [-0.25, -0.2) is 22.2 Å². The van der Waals surface area contributed by atoms with Crippen molar-refractivity contribution < 1.29 is 12.8 Å². The zero-order valence-electron chi connectivity index (χ0n) is 10.6. The number of aryl methyl sites for hydroxylation is 1. The zero-order chi connectivity index (χ0) is 14.0. The van der Waals surface area contributed by atoms with Gasteiger partial charge in [-0.3, -0.25) is 0 Å². The predicted octanol–water partition coefficient (Wildman–Crippen LogP) is 1.62. The normalized spacial score (nSPS) is 11.7. The SMILES string of the molecule is CCNS(=O)(=O)c1ccnn1-c1ccc(C)c(F)c1. The summed E-state index contributed by atoms with van der Waals surface area (Å²) >= 11 is 0. The van der Waals surface area contributed by atoms with Crippen LogP contribution in [-0.2, 0) is 10.0 Å². The van der Waals surface area contributed by atoms with Gasteiger partial charge in [0.15, 0.2) is 5.03 Å². The molecule has 0 radical (unpaired) electrons. The molecule has 0 unspecified atom stereocenters. The number of halogens is 1. The van der Waals surface area contributed by atoms with Crippen molar-refractivity contribution >= 4 is 10.0 Å². The van der Waals surface area contributed by atoms with Gasteiger partial charge in [0.05, 0.1) is 11.9 Å². The number of nitrogens with one attached hydrogen (secondary N) is 1. The summed E-state index contributed by atoms with van der Waals surface area (Å²) in [6.45, 7) is 3.60. The molecule has 19 heavy (non-hydrogen) atoms. The average molecular weight is 283 g/mol. The maximum atomic E-state index is 13.5. The lowest BCUT2D eigenvalue weighted by molar-refractivity contribution is 0.572. The van der Waals surface area contributed by atoms with Gasteiger partial charge < -0.3 is 0 Å². The second kappa shape index (κ2) is 5.10. The molecule has 2 aromatic rings. The third kappa shape index (κ3) is 2.66. The van der Waals surface area contributed by atoms with Gasteiger partial charge in [-0.15, -0.1) is 0 Å². The number of nitrogens with zero attached hydrogens (tertiary/aromatic N) is 2. The Hall–Kier alpha value is -1.73. The molecule has 0 spiro atoms. The molecule has 1 heterocycles. The van der Waals surface area contributed by atoms with E-state index in [9.17, 15) is 12.8 Å². The average Bonchev–Trinajstić information content (AvgIpc) is 2.82. The Bertz CT molecular complexity index is 695. The Morgan fingerprint density at radius 2 is 2.11 bits per heavy atom. The van der Waals surface area contributed by atoms with E-state index in [2.05, 4.69) is 9.82 Å². The lowest BCUT2D eigenvalue weighted by Crippen LogP contribution is -2.25. The fourth-order valence-electron chi connectivity index (χ4n) is 1.67. The molecule has 1 aromatic carbocycles. The molecule has 5 nitrogen and oxygen atoms in total. The van der Waals surface area contributed by atoms with E-state index in [0.717, 1.165) is 0 Å². The minimum Gasteiger partial charge on any atom is -0.221 e. The fourth-order valence-corrected chi connectivity index (χ4v) is 2.81. The second-order valence-electron chi connectivity index (χ2n) is 4.02. The third-order valence-electron chi connectivity index (χ3n) is 2.62. The molecule has 0 aliphatic rings. The molecule has 1 N–H and O–H groups in total. The Morgan fingerprint density at radius 3 is 2.74 bits per heavy atom. The van der Waals surface area contributed by atoms with Gasteiger partial charge in [-0.1, -0.05) is 13.0 Å². The first-order chi connectivity index (χ1) is 8.95. The highest BCUT2D eigenvalue weighted by molar-refractivity contribution is 7.89. The second-order valence-corrected chi connectivity index (χ2v) is 5.73. The maximum Gasteiger partial charge on any atom is 0.258 e. The number of rotatable bonds is 4. The first kappa shape index (κ1) is 13.7. The topological polar surface area (TPSA) is 64.0 Å². The zero-order valence-corrected chi connectivity index (χ0v) is 11.4. The van der Waals surface area contributed by atoms with Gasteiger partial charge in [-0.05, 0) is 30.7 Å². The molecule has 0 fully saturated rings. The van der Waals surface area contributed by atoms with Crippen molar-refractivity contribution in [2.75, 3.05) is 6.54 Å². The quantitative estimate of drug-likeness (QED) is 0.927. The van der Waals surface area contributed by atoms with Crippen molar-refractivity contribution in [2.45, 2.75) is 18.9 Å². The minimum absolute atomic E-state index is 0.0161. The molecule has 0 saturated carbocycles. The summed E-state index contributed by atoms with van der Waals surface area (Å²) in [5, 5.41) is 3.92. The summed E-state index contributed by atoms with van der Waals surface area (Å²) in [6, 6.07) is 5.83. The van der Waals surface area contributed by atoms with Gasteiger partial charge in [0.2, 0.25) is 0 Å². The van der Waals surface area contributed by atoms with Crippen LogP contribution in [0.4, 0.5) is 4.39 Å². The van der Waals surface area contributed by atoms with Crippen LogP contribution < -0.4 is 4.72 Å². The van der Waals surface area contributed by atoms with Crippen molar-refractivity contribution in [2.24, 2.45) is 0 Å². The summed E-state index contributed by atoms with van der Waals surface area (Å²) in [5.74, 6) is -0.403. The molecule has 0 aliphatic carbocycles. The Balaban J connectivity index is 2.53. The van der Waals surface area contributed by atoms with E-state index >= 15 is 0 Å². The van der Waals surface area contributed by atoms with E-state index in [-0.39, 0.29) is 11.6 Å². The maximum absolute atomic E-state index is 13.5. The molecule has 0 atom stereocenters. The lowest BCUT2D eigenvalue weighted by atomic mass is 10.2. The van der Waals surface area contributed by atoms with Crippen LogP contribution in [0.1, 0.15) is 12.5 Å². The van der Waals surface area contributed by atoms with Crippen LogP contribution in [0.25, 0.3) is 5.69 Å². The Kier molecular flexibility index (Phi) is 3.68. The summed E-state index contributed by atoms with van der Waals surface area (Å²) in [6.07, 6.45) is 1.36. The Morgan fingerprint density at radius 1 is 1.37 bits per heavy atom. The minimum atomic E-state index is -3.64. The number of aromatic nitrogens is 2. The lowest BCUT2D eigenvalue weighted by Gasteiger charge is -2.09. The molecule has 0 amide bonds. The highest BCUT2D eigenvalue weighted by Crippen LogP contribution is 2.17. The summed E-state index contributed by atoms with van der Waals surface area (Å²) < 4.78 is 41.1. The van der Waals surface area contributed by atoms with E-state index in [4.69, 9.17) is 0 Å². The Labute approximate surface area is 111 Å². The van der Waals surface area contributed by atoms with Crippen LogP contribution in [0, 0.1) is 12.7 Å². The van der Waals surface area contributed by atoms with E-state index < -0.39 is 15.8 Å². The molecule has 2 rings (SSSR count). The van der Waals surface area contributed by atoms with Gasteiger partial charge in [0.25, 0.3) is 10.0 Å². The van der Waals surface area contributed by atoms with Crippen LogP contribution in [0.3, 0.4) is 0 Å². The van der Waals surface area contributed by atoms with Gasteiger partial charge in [0.1, 0.15) is 5.82 Å². The highest BCUT2D eigenvalue weighted by atomic mass is 32.2. The number of benzene rings is 1. The van der Waals surface area contributed by atoms with Crippen molar-refractivity contribution in [3.63, 3.8) is 0 Å². The van der Waals surface area contributed by atoms with Gasteiger partial charge in [0, 0.05) is 6.54 Å². The number of sulfonamides is 1. The van der Waals surface area contributed by atoms with E-state index in [1.807, 2.05) is 0 Å².